The van der Waals surface area contributed by atoms with Crippen LogP contribution in [0.4, 0.5) is 0 Å². The molecule has 0 saturated heterocycles. The van der Waals surface area contributed by atoms with Gasteiger partial charge in [0.2, 0.25) is 0 Å². The molecule has 0 fully saturated rings. The lowest BCUT2D eigenvalue weighted by atomic mass is 10.1. The van der Waals surface area contributed by atoms with Crippen LogP contribution in [0.1, 0.15) is 21.6 Å². The van der Waals surface area contributed by atoms with Gasteiger partial charge in [0.15, 0.2) is 0 Å². The van der Waals surface area contributed by atoms with Gasteiger partial charge >= 0.3 is 0 Å². The van der Waals surface area contributed by atoms with Crippen molar-refractivity contribution in [3.8, 4) is 0 Å². The molecular weight excluding hydrogens is 240 g/mol. The van der Waals surface area contributed by atoms with Crippen LogP contribution in [0.25, 0.3) is 0 Å². The molecule has 1 aromatic heterocycles. The summed E-state index contributed by atoms with van der Waals surface area (Å²) in [4.78, 5) is 16.1. The van der Waals surface area contributed by atoms with E-state index in [4.69, 9.17) is 5.11 Å². The third-order valence-corrected chi connectivity index (χ3v) is 2.74. The van der Waals surface area contributed by atoms with Crippen molar-refractivity contribution in [1.29, 1.82) is 0 Å². The molecule has 98 valence electrons. The van der Waals surface area contributed by atoms with Gasteiger partial charge in [0.25, 0.3) is 5.91 Å². The van der Waals surface area contributed by atoms with Gasteiger partial charge in [-0.15, -0.1) is 0 Å². The quantitative estimate of drug-likeness (QED) is 0.853. The molecule has 0 aliphatic carbocycles. The fourth-order valence-electron chi connectivity index (χ4n) is 1.75. The predicted molar refractivity (Wildman–Crippen MR) is 72.6 cm³/mol. The number of amides is 1. The van der Waals surface area contributed by atoms with E-state index in [9.17, 15) is 4.79 Å². The van der Waals surface area contributed by atoms with Gasteiger partial charge in [-0.05, 0) is 17.7 Å². The highest BCUT2D eigenvalue weighted by Crippen LogP contribution is 2.04. The Kier molecular flexibility index (Phi) is 4.64. The lowest BCUT2D eigenvalue weighted by molar-refractivity contribution is 0.0950. The van der Waals surface area contributed by atoms with Gasteiger partial charge in [0.1, 0.15) is 0 Å². The number of carbonyl (C=O) groups is 1. The number of nitrogens with one attached hydrogen (secondary N) is 1. The molecule has 0 aliphatic heterocycles. The van der Waals surface area contributed by atoms with E-state index < -0.39 is 0 Å². The number of hydrogen-bond donors (Lipinski definition) is 2. The molecule has 0 saturated carbocycles. The van der Waals surface area contributed by atoms with E-state index in [-0.39, 0.29) is 12.5 Å². The van der Waals surface area contributed by atoms with Crippen LogP contribution >= 0.6 is 0 Å². The fraction of sp³-hybridized carbons (Fsp3) is 0.200. The van der Waals surface area contributed by atoms with Crippen LogP contribution in [0.15, 0.2) is 48.7 Å². The first-order chi connectivity index (χ1) is 9.29. The number of nitrogens with zero attached hydrogens (tertiary/aromatic N) is 1. The summed E-state index contributed by atoms with van der Waals surface area (Å²) in [6.45, 7) is 0.527. The Balaban J connectivity index is 1.98. The number of rotatable bonds is 5. The summed E-state index contributed by atoms with van der Waals surface area (Å²) in [5, 5.41) is 11.7. The lowest BCUT2D eigenvalue weighted by Crippen LogP contribution is -2.23. The van der Waals surface area contributed by atoms with Crippen LogP contribution in [-0.4, -0.2) is 22.6 Å². The second-order valence-corrected chi connectivity index (χ2v) is 4.18. The van der Waals surface area contributed by atoms with E-state index in [0.29, 0.717) is 18.5 Å². The number of pyridine rings is 1. The highest BCUT2D eigenvalue weighted by atomic mass is 16.3. The molecule has 4 nitrogen and oxygen atoms in total. The first-order valence-electron chi connectivity index (χ1n) is 6.17. The van der Waals surface area contributed by atoms with Crippen molar-refractivity contribution >= 4 is 5.91 Å². The average molecular weight is 256 g/mol. The van der Waals surface area contributed by atoms with Gasteiger partial charge in [-0.3, -0.25) is 9.78 Å². The second kappa shape index (κ2) is 6.66. The second-order valence-electron chi connectivity index (χ2n) is 4.18. The Labute approximate surface area is 112 Å². The van der Waals surface area contributed by atoms with Gasteiger partial charge in [-0.1, -0.05) is 30.3 Å². The Morgan fingerprint density at radius 3 is 2.74 bits per heavy atom. The zero-order valence-electron chi connectivity index (χ0n) is 10.5. The molecule has 0 bridgehead atoms. The third-order valence-electron chi connectivity index (χ3n) is 2.74. The zero-order chi connectivity index (χ0) is 13.5. The summed E-state index contributed by atoms with van der Waals surface area (Å²) in [5.41, 5.74) is 2.34. The summed E-state index contributed by atoms with van der Waals surface area (Å²) in [7, 11) is 0. The number of aromatic nitrogens is 1. The van der Waals surface area contributed by atoms with Gasteiger partial charge < -0.3 is 10.4 Å². The highest BCUT2D eigenvalue weighted by Gasteiger charge is 2.06. The smallest absolute Gasteiger partial charge is 0.251 e. The molecule has 0 unspecified atom stereocenters. The van der Waals surface area contributed by atoms with Crippen molar-refractivity contribution in [1.82, 2.24) is 10.3 Å². The molecule has 19 heavy (non-hydrogen) atoms. The molecule has 2 rings (SSSR count). The molecular formula is C15H16N2O2. The van der Waals surface area contributed by atoms with E-state index in [1.807, 2.05) is 30.3 Å². The van der Waals surface area contributed by atoms with Crippen LogP contribution in [-0.2, 0) is 13.0 Å². The molecule has 1 amide bonds. The van der Waals surface area contributed by atoms with Crippen molar-refractivity contribution in [3.05, 3.63) is 65.5 Å². The van der Waals surface area contributed by atoms with Crippen LogP contribution in [0.2, 0.25) is 0 Å². The molecule has 4 heteroatoms. The Bertz CT molecular complexity index is 541. The Morgan fingerprint density at radius 2 is 2.00 bits per heavy atom. The summed E-state index contributed by atoms with van der Waals surface area (Å²) in [6.07, 6.45) is 2.04. The van der Waals surface area contributed by atoms with Gasteiger partial charge in [-0.2, -0.15) is 0 Å². The lowest BCUT2D eigenvalue weighted by Gasteiger charge is -2.06. The molecule has 1 aromatic carbocycles. The van der Waals surface area contributed by atoms with Gasteiger partial charge in [0.05, 0.1) is 0 Å². The van der Waals surface area contributed by atoms with E-state index in [0.717, 1.165) is 11.3 Å². The van der Waals surface area contributed by atoms with Crippen molar-refractivity contribution in [3.63, 3.8) is 0 Å². The predicted octanol–water partition coefficient (Wildman–Crippen LogP) is 1.55. The van der Waals surface area contributed by atoms with Crippen LogP contribution in [0.5, 0.6) is 0 Å². The molecule has 2 N–H and O–H groups in total. The number of benzene rings is 1. The van der Waals surface area contributed by atoms with E-state index >= 15 is 0 Å². The normalized spacial score (nSPS) is 10.2. The van der Waals surface area contributed by atoms with Crippen LogP contribution < -0.4 is 5.32 Å². The molecule has 0 atom stereocenters. The topological polar surface area (TPSA) is 62.2 Å². The first-order valence-corrected chi connectivity index (χ1v) is 6.17. The van der Waals surface area contributed by atoms with Crippen molar-refractivity contribution in [2.24, 2.45) is 0 Å². The van der Waals surface area contributed by atoms with Crippen LogP contribution in [0, 0.1) is 0 Å². The van der Waals surface area contributed by atoms with Crippen molar-refractivity contribution < 1.29 is 9.90 Å². The van der Waals surface area contributed by atoms with E-state index in [1.54, 1.807) is 18.3 Å². The van der Waals surface area contributed by atoms with Gasteiger partial charge in [-0.25, -0.2) is 0 Å². The fourth-order valence-corrected chi connectivity index (χ4v) is 1.75. The van der Waals surface area contributed by atoms with Gasteiger partial charge in [0, 0.05) is 37.0 Å². The summed E-state index contributed by atoms with van der Waals surface area (Å²) >= 11 is 0. The molecule has 2 aromatic rings. The minimum atomic E-state index is -0.134. The van der Waals surface area contributed by atoms with Crippen LogP contribution in [0.3, 0.4) is 0 Å². The monoisotopic (exact) mass is 256 g/mol. The maximum atomic E-state index is 12.0. The minimum Gasteiger partial charge on any atom is -0.396 e. The number of aliphatic hydroxyl groups excluding tert-OH is 1. The number of hydrogen-bond acceptors (Lipinski definition) is 3. The largest absolute Gasteiger partial charge is 0.396 e. The minimum absolute atomic E-state index is 0.0298. The maximum absolute atomic E-state index is 12.0. The summed E-state index contributed by atoms with van der Waals surface area (Å²) in [5.74, 6) is -0.134. The number of carbonyl (C=O) groups excluding carboxylic acids is 1. The molecule has 0 radical (unpaired) electrons. The summed E-state index contributed by atoms with van der Waals surface area (Å²) in [6, 6.07) is 13.1. The molecule has 0 aliphatic rings. The maximum Gasteiger partial charge on any atom is 0.251 e. The SMILES string of the molecule is O=C(NCc1ccccc1)c1ccnc(CCO)c1. The summed E-state index contributed by atoms with van der Waals surface area (Å²) < 4.78 is 0. The van der Waals surface area contributed by atoms with Crippen molar-refractivity contribution in [2.45, 2.75) is 13.0 Å². The highest BCUT2D eigenvalue weighted by molar-refractivity contribution is 5.94. The first kappa shape index (κ1) is 13.2. The number of aliphatic hydroxyl groups is 1. The molecule has 0 spiro atoms. The zero-order valence-corrected chi connectivity index (χ0v) is 10.5. The average Bonchev–Trinajstić information content (AvgIpc) is 2.46. The van der Waals surface area contributed by atoms with E-state index in [2.05, 4.69) is 10.3 Å². The third kappa shape index (κ3) is 3.89. The Hall–Kier alpha value is -2.20. The van der Waals surface area contributed by atoms with Crippen molar-refractivity contribution in [2.75, 3.05) is 6.61 Å². The van der Waals surface area contributed by atoms with E-state index in [1.165, 1.54) is 0 Å². The molecule has 1 heterocycles. The Morgan fingerprint density at radius 1 is 1.21 bits per heavy atom. The standard InChI is InChI=1S/C15H16N2O2/c18-9-7-14-10-13(6-8-16-14)15(19)17-11-12-4-2-1-3-5-12/h1-6,8,10,18H,7,9,11H2,(H,17,19).